The molecule has 0 radical (unpaired) electrons. The summed E-state index contributed by atoms with van der Waals surface area (Å²) in [6.45, 7) is 3.41. The van der Waals surface area contributed by atoms with Crippen molar-refractivity contribution < 1.29 is 17.9 Å². The van der Waals surface area contributed by atoms with E-state index >= 15 is 0 Å². The molecule has 130 valence electrons. The molecular formula is C19H17ClO4S. The van der Waals surface area contributed by atoms with Crippen molar-refractivity contribution in [3.63, 3.8) is 0 Å². The van der Waals surface area contributed by atoms with E-state index in [1.807, 2.05) is 0 Å². The van der Waals surface area contributed by atoms with Crippen LogP contribution in [0.15, 0.2) is 53.4 Å². The minimum absolute atomic E-state index is 0.142. The molecule has 0 atom stereocenters. The molecule has 1 aliphatic heterocycles. The Kier molecular flexibility index (Phi) is 4.25. The predicted octanol–water partition coefficient (Wildman–Crippen LogP) is 3.99. The van der Waals surface area contributed by atoms with Gasteiger partial charge in [0.1, 0.15) is 5.76 Å². The molecule has 0 amide bonds. The minimum atomic E-state index is -3.29. The van der Waals surface area contributed by atoms with Gasteiger partial charge in [-0.25, -0.2) is 8.42 Å². The SMILES string of the molecule is CC1(C)OC(c2ccc(S(C)(=O)=O)cc2)=C(c2cccc(Cl)c2)C1=O. The van der Waals surface area contributed by atoms with Crippen LogP contribution in [-0.2, 0) is 19.4 Å². The van der Waals surface area contributed by atoms with Crippen LogP contribution in [-0.4, -0.2) is 26.1 Å². The highest BCUT2D eigenvalue weighted by Gasteiger charge is 2.42. The van der Waals surface area contributed by atoms with Crippen molar-refractivity contribution in [1.82, 2.24) is 0 Å². The van der Waals surface area contributed by atoms with Gasteiger partial charge in [-0.2, -0.15) is 0 Å². The Balaban J connectivity index is 2.17. The average Bonchev–Trinajstić information content (AvgIpc) is 2.77. The highest BCUT2D eigenvalue weighted by Crippen LogP contribution is 2.41. The second-order valence-corrected chi connectivity index (χ2v) is 8.90. The molecule has 0 bridgehead atoms. The summed E-state index contributed by atoms with van der Waals surface area (Å²) in [7, 11) is -3.29. The molecular weight excluding hydrogens is 360 g/mol. The summed E-state index contributed by atoms with van der Waals surface area (Å²) in [6, 6.07) is 13.3. The number of carbonyl (C=O) groups excluding carboxylic acids is 1. The number of rotatable bonds is 3. The lowest BCUT2D eigenvalue weighted by molar-refractivity contribution is -0.125. The van der Waals surface area contributed by atoms with Crippen LogP contribution < -0.4 is 0 Å². The van der Waals surface area contributed by atoms with E-state index in [-0.39, 0.29) is 10.7 Å². The summed E-state index contributed by atoms with van der Waals surface area (Å²) in [6.07, 6.45) is 1.15. The lowest BCUT2D eigenvalue weighted by Gasteiger charge is -2.17. The lowest BCUT2D eigenvalue weighted by atomic mass is 9.93. The Morgan fingerprint density at radius 1 is 1.00 bits per heavy atom. The predicted molar refractivity (Wildman–Crippen MR) is 98.0 cm³/mol. The molecule has 0 fully saturated rings. The number of halogens is 1. The molecule has 0 spiro atoms. The topological polar surface area (TPSA) is 60.4 Å². The lowest BCUT2D eigenvalue weighted by Crippen LogP contribution is -2.29. The van der Waals surface area contributed by atoms with Crippen molar-refractivity contribution in [1.29, 1.82) is 0 Å². The fraction of sp³-hybridized carbons (Fsp3) is 0.211. The maximum atomic E-state index is 12.8. The van der Waals surface area contributed by atoms with E-state index in [1.54, 1.807) is 50.2 Å². The van der Waals surface area contributed by atoms with Crippen LogP contribution in [0.3, 0.4) is 0 Å². The molecule has 0 saturated heterocycles. The smallest absolute Gasteiger partial charge is 0.210 e. The number of hydrogen-bond donors (Lipinski definition) is 0. The Labute approximate surface area is 152 Å². The van der Waals surface area contributed by atoms with Crippen molar-refractivity contribution in [2.45, 2.75) is 24.3 Å². The number of benzene rings is 2. The van der Waals surface area contributed by atoms with Crippen LogP contribution in [0.5, 0.6) is 0 Å². The first kappa shape index (κ1) is 17.7. The molecule has 0 N–H and O–H groups in total. The summed E-state index contributed by atoms with van der Waals surface area (Å²) in [4.78, 5) is 13.0. The minimum Gasteiger partial charge on any atom is -0.478 e. The van der Waals surface area contributed by atoms with Crippen LogP contribution in [0.1, 0.15) is 25.0 Å². The monoisotopic (exact) mass is 376 g/mol. The summed E-state index contributed by atoms with van der Waals surface area (Å²) in [5.41, 5.74) is 0.758. The zero-order valence-electron chi connectivity index (χ0n) is 14.0. The van der Waals surface area contributed by atoms with Crippen LogP contribution in [0.2, 0.25) is 5.02 Å². The van der Waals surface area contributed by atoms with Gasteiger partial charge in [0, 0.05) is 16.8 Å². The molecule has 0 saturated carbocycles. The largest absolute Gasteiger partial charge is 0.478 e. The van der Waals surface area contributed by atoms with E-state index in [1.165, 1.54) is 12.1 Å². The molecule has 25 heavy (non-hydrogen) atoms. The van der Waals surface area contributed by atoms with Gasteiger partial charge in [0.25, 0.3) is 0 Å². The van der Waals surface area contributed by atoms with Crippen LogP contribution in [0.4, 0.5) is 0 Å². The molecule has 1 heterocycles. The van der Waals surface area contributed by atoms with Crippen molar-refractivity contribution in [3.05, 3.63) is 64.7 Å². The molecule has 3 rings (SSSR count). The first-order chi connectivity index (χ1) is 11.6. The zero-order valence-corrected chi connectivity index (χ0v) is 15.6. The number of ketones is 1. The molecule has 2 aromatic rings. The Bertz CT molecular complexity index is 986. The van der Waals surface area contributed by atoms with Gasteiger partial charge < -0.3 is 4.74 Å². The van der Waals surface area contributed by atoms with Gasteiger partial charge in [0.15, 0.2) is 15.4 Å². The third-order valence-corrected chi connectivity index (χ3v) is 5.38. The molecule has 6 heteroatoms. The fourth-order valence-electron chi connectivity index (χ4n) is 2.72. The zero-order chi connectivity index (χ0) is 18.4. The first-order valence-corrected chi connectivity index (χ1v) is 9.91. The van der Waals surface area contributed by atoms with Gasteiger partial charge in [-0.05, 0) is 55.8 Å². The van der Waals surface area contributed by atoms with E-state index in [2.05, 4.69) is 0 Å². The van der Waals surface area contributed by atoms with Crippen LogP contribution in [0.25, 0.3) is 11.3 Å². The normalized spacial score (nSPS) is 16.9. The highest BCUT2D eigenvalue weighted by molar-refractivity contribution is 7.90. The van der Waals surface area contributed by atoms with Crippen molar-refractivity contribution in [2.24, 2.45) is 0 Å². The second-order valence-electron chi connectivity index (χ2n) is 6.45. The summed E-state index contributed by atoms with van der Waals surface area (Å²) < 4.78 is 29.2. The van der Waals surface area contributed by atoms with Crippen LogP contribution in [0, 0.1) is 0 Å². The van der Waals surface area contributed by atoms with Gasteiger partial charge in [0.05, 0.1) is 10.5 Å². The Morgan fingerprint density at radius 3 is 2.20 bits per heavy atom. The Hall–Kier alpha value is -2.11. The molecule has 0 aromatic heterocycles. The first-order valence-electron chi connectivity index (χ1n) is 7.64. The van der Waals surface area contributed by atoms with E-state index in [0.29, 0.717) is 27.5 Å². The summed E-state index contributed by atoms with van der Waals surface area (Å²) >= 11 is 6.07. The average molecular weight is 377 g/mol. The van der Waals surface area contributed by atoms with E-state index in [0.717, 1.165) is 6.26 Å². The number of Topliss-reactive ketones (excluding diaryl/α,β-unsaturated/α-hetero) is 1. The maximum absolute atomic E-state index is 12.8. The van der Waals surface area contributed by atoms with Gasteiger partial charge >= 0.3 is 0 Å². The number of ether oxygens (including phenoxy) is 1. The Morgan fingerprint density at radius 2 is 1.64 bits per heavy atom. The molecule has 4 nitrogen and oxygen atoms in total. The molecule has 1 aliphatic rings. The van der Waals surface area contributed by atoms with E-state index in [4.69, 9.17) is 16.3 Å². The fourth-order valence-corrected chi connectivity index (χ4v) is 3.54. The maximum Gasteiger partial charge on any atom is 0.210 e. The van der Waals surface area contributed by atoms with Crippen molar-refractivity contribution >= 4 is 38.6 Å². The quantitative estimate of drug-likeness (QED) is 0.812. The summed E-state index contributed by atoms with van der Waals surface area (Å²) in [5.74, 6) is 0.286. The highest BCUT2D eigenvalue weighted by atomic mass is 35.5. The van der Waals surface area contributed by atoms with E-state index in [9.17, 15) is 13.2 Å². The van der Waals surface area contributed by atoms with Crippen LogP contribution >= 0.6 is 11.6 Å². The standard InChI is InChI=1S/C19H17ClO4S/c1-19(2)18(21)16(13-5-4-6-14(20)11-13)17(24-19)12-7-9-15(10-8-12)25(3,22)23/h4-11H,1-3H3. The van der Waals surface area contributed by atoms with Gasteiger partial charge in [-0.1, -0.05) is 23.7 Å². The van der Waals surface area contributed by atoms with E-state index < -0.39 is 15.4 Å². The van der Waals surface area contributed by atoms with Gasteiger partial charge in [-0.15, -0.1) is 0 Å². The number of hydrogen-bond acceptors (Lipinski definition) is 4. The van der Waals surface area contributed by atoms with Gasteiger partial charge in [-0.3, -0.25) is 4.79 Å². The number of carbonyl (C=O) groups is 1. The number of sulfone groups is 1. The molecule has 2 aromatic carbocycles. The van der Waals surface area contributed by atoms with Gasteiger partial charge in [0.2, 0.25) is 5.78 Å². The third kappa shape index (κ3) is 3.34. The second kappa shape index (κ2) is 6.00. The third-order valence-electron chi connectivity index (χ3n) is 4.02. The molecule has 0 aliphatic carbocycles. The summed E-state index contributed by atoms with van der Waals surface area (Å²) in [5, 5.41) is 0.522. The van der Waals surface area contributed by atoms with Crippen molar-refractivity contribution in [2.75, 3.05) is 6.26 Å². The molecule has 0 unspecified atom stereocenters. The van der Waals surface area contributed by atoms with Crippen molar-refractivity contribution in [3.8, 4) is 0 Å².